The molecule has 1 aliphatic heterocycles. The van der Waals surface area contributed by atoms with E-state index in [0.717, 1.165) is 10.6 Å². The van der Waals surface area contributed by atoms with Crippen LogP contribution < -0.4 is 25.4 Å². The SMILES string of the molecule is Cc1sc(=O)n(CCC(=O)Nc2cc3c(cc2N)OCO3)c1C.Cl. The lowest BCUT2D eigenvalue weighted by Gasteiger charge is -2.10. The first-order valence-electron chi connectivity index (χ1n) is 7.11. The van der Waals surface area contributed by atoms with Crippen molar-refractivity contribution in [3.63, 3.8) is 0 Å². The molecule has 0 saturated heterocycles. The van der Waals surface area contributed by atoms with Crippen LogP contribution in [0, 0.1) is 13.8 Å². The number of rotatable bonds is 4. The zero-order valence-corrected chi connectivity index (χ0v) is 14.9. The molecule has 9 heteroatoms. The van der Waals surface area contributed by atoms with Gasteiger partial charge in [-0.1, -0.05) is 11.3 Å². The average Bonchev–Trinajstić information content (AvgIpc) is 3.03. The predicted molar refractivity (Wildman–Crippen MR) is 95.5 cm³/mol. The number of carbonyl (C=O) groups is 1. The number of nitrogens with two attached hydrogens (primary N) is 1. The van der Waals surface area contributed by atoms with Gasteiger partial charge in [-0.3, -0.25) is 9.59 Å². The molecule has 1 aromatic heterocycles. The van der Waals surface area contributed by atoms with Crippen molar-refractivity contribution < 1.29 is 14.3 Å². The third kappa shape index (κ3) is 3.49. The summed E-state index contributed by atoms with van der Waals surface area (Å²) in [4.78, 5) is 24.9. The molecule has 2 heterocycles. The molecule has 0 bridgehead atoms. The maximum atomic E-state index is 12.1. The lowest BCUT2D eigenvalue weighted by Crippen LogP contribution is -2.20. The highest BCUT2D eigenvalue weighted by Gasteiger charge is 2.17. The van der Waals surface area contributed by atoms with Crippen LogP contribution in [0.2, 0.25) is 0 Å². The van der Waals surface area contributed by atoms with E-state index in [0.29, 0.717) is 29.4 Å². The Kier molecular flexibility index (Phi) is 5.40. The Morgan fingerprint density at radius 3 is 2.62 bits per heavy atom. The lowest BCUT2D eigenvalue weighted by atomic mass is 10.2. The van der Waals surface area contributed by atoms with E-state index in [9.17, 15) is 9.59 Å². The van der Waals surface area contributed by atoms with Gasteiger partial charge in [-0.05, 0) is 13.8 Å². The number of amides is 1. The summed E-state index contributed by atoms with van der Waals surface area (Å²) in [5.41, 5.74) is 7.68. The molecule has 0 spiro atoms. The minimum atomic E-state index is -0.217. The molecule has 0 saturated carbocycles. The van der Waals surface area contributed by atoms with Crippen LogP contribution in [0.25, 0.3) is 0 Å². The van der Waals surface area contributed by atoms with Gasteiger partial charge in [0.1, 0.15) is 0 Å². The van der Waals surface area contributed by atoms with Gasteiger partial charge in [-0.15, -0.1) is 12.4 Å². The van der Waals surface area contributed by atoms with E-state index >= 15 is 0 Å². The number of fused-ring (bicyclic) bond motifs is 1. The molecular formula is C15H18ClN3O4S. The number of benzene rings is 1. The number of ether oxygens (including phenoxy) is 2. The van der Waals surface area contributed by atoms with Gasteiger partial charge < -0.3 is 25.1 Å². The molecule has 1 aromatic carbocycles. The summed E-state index contributed by atoms with van der Waals surface area (Å²) in [5, 5.41) is 2.74. The van der Waals surface area contributed by atoms with Crippen LogP contribution in [0.1, 0.15) is 17.0 Å². The van der Waals surface area contributed by atoms with Crippen LogP contribution in [0.5, 0.6) is 11.5 Å². The van der Waals surface area contributed by atoms with Gasteiger partial charge in [0, 0.05) is 35.7 Å². The Balaban J connectivity index is 0.00000208. The molecule has 24 heavy (non-hydrogen) atoms. The molecule has 0 unspecified atom stereocenters. The average molecular weight is 372 g/mol. The van der Waals surface area contributed by atoms with Gasteiger partial charge in [0.2, 0.25) is 12.7 Å². The van der Waals surface area contributed by atoms with Crippen LogP contribution in [0.15, 0.2) is 16.9 Å². The van der Waals surface area contributed by atoms with Crippen molar-refractivity contribution in [3.8, 4) is 11.5 Å². The summed E-state index contributed by atoms with van der Waals surface area (Å²) in [5.74, 6) is 0.900. The second-order valence-corrected chi connectivity index (χ2v) is 6.42. The van der Waals surface area contributed by atoms with Crippen molar-refractivity contribution in [2.75, 3.05) is 17.8 Å². The largest absolute Gasteiger partial charge is 0.454 e. The zero-order chi connectivity index (χ0) is 16.6. The molecule has 0 fully saturated rings. The number of nitrogens with one attached hydrogen (secondary N) is 1. The summed E-state index contributed by atoms with van der Waals surface area (Å²) < 4.78 is 12.1. The van der Waals surface area contributed by atoms with Crippen molar-refractivity contribution >= 4 is 41.0 Å². The fourth-order valence-electron chi connectivity index (χ4n) is 2.34. The highest BCUT2D eigenvalue weighted by atomic mass is 35.5. The van der Waals surface area contributed by atoms with Crippen LogP contribution >= 0.6 is 23.7 Å². The summed E-state index contributed by atoms with van der Waals surface area (Å²) in [6, 6.07) is 3.26. The van der Waals surface area contributed by atoms with Crippen molar-refractivity contribution in [2.24, 2.45) is 0 Å². The van der Waals surface area contributed by atoms with E-state index in [4.69, 9.17) is 15.2 Å². The fraction of sp³-hybridized carbons (Fsp3) is 0.333. The van der Waals surface area contributed by atoms with Crippen LogP contribution in [-0.2, 0) is 11.3 Å². The topological polar surface area (TPSA) is 95.6 Å². The fourth-order valence-corrected chi connectivity index (χ4v) is 3.20. The molecular weight excluding hydrogens is 354 g/mol. The van der Waals surface area contributed by atoms with E-state index in [1.165, 1.54) is 11.3 Å². The molecule has 2 aromatic rings. The molecule has 0 aliphatic carbocycles. The van der Waals surface area contributed by atoms with Crippen molar-refractivity contribution in [3.05, 3.63) is 32.4 Å². The number of anilines is 2. The Bertz CT molecular complexity index is 831. The maximum absolute atomic E-state index is 12.1. The van der Waals surface area contributed by atoms with Crippen molar-refractivity contribution in [1.29, 1.82) is 0 Å². The maximum Gasteiger partial charge on any atom is 0.307 e. The molecule has 0 atom stereocenters. The molecule has 7 nitrogen and oxygen atoms in total. The minimum absolute atomic E-state index is 0. The number of nitrogen functional groups attached to an aromatic ring is 1. The first-order valence-corrected chi connectivity index (χ1v) is 7.93. The number of aryl methyl sites for hydroxylation is 1. The second-order valence-electron chi connectivity index (χ2n) is 5.25. The molecule has 1 amide bonds. The van der Waals surface area contributed by atoms with Gasteiger partial charge in [-0.25, -0.2) is 0 Å². The normalized spacial score (nSPS) is 11.9. The number of halogens is 1. The molecule has 0 radical (unpaired) electrons. The number of nitrogens with zero attached hydrogens (tertiary/aromatic N) is 1. The van der Waals surface area contributed by atoms with Crippen molar-refractivity contribution in [1.82, 2.24) is 4.57 Å². The summed E-state index contributed by atoms with van der Waals surface area (Å²) in [6.45, 7) is 4.25. The van der Waals surface area contributed by atoms with Crippen LogP contribution in [-0.4, -0.2) is 17.3 Å². The zero-order valence-electron chi connectivity index (χ0n) is 13.3. The standard InChI is InChI=1S/C15H17N3O4S.ClH/c1-8-9(2)23-15(20)18(8)4-3-14(19)17-11-6-13-12(5-10(11)16)21-7-22-13;/h5-6H,3-4,7,16H2,1-2H3,(H,17,19);1H. The van der Waals surface area contributed by atoms with E-state index in [2.05, 4.69) is 5.32 Å². The van der Waals surface area contributed by atoms with Gasteiger partial charge in [-0.2, -0.15) is 0 Å². The van der Waals surface area contributed by atoms with Gasteiger partial charge in [0.15, 0.2) is 11.5 Å². The molecule has 3 N–H and O–H groups in total. The number of aromatic nitrogens is 1. The first kappa shape index (κ1) is 18.2. The Hall–Kier alpha value is -2.19. The van der Waals surface area contributed by atoms with E-state index in [1.807, 2.05) is 13.8 Å². The second kappa shape index (κ2) is 7.14. The third-order valence-electron chi connectivity index (χ3n) is 3.76. The number of thiazole rings is 1. The lowest BCUT2D eigenvalue weighted by molar-refractivity contribution is -0.116. The van der Waals surface area contributed by atoms with E-state index < -0.39 is 0 Å². The van der Waals surface area contributed by atoms with Gasteiger partial charge in [0.25, 0.3) is 0 Å². The minimum Gasteiger partial charge on any atom is -0.454 e. The van der Waals surface area contributed by atoms with Gasteiger partial charge in [0.05, 0.1) is 11.4 Å². The number of carbonyl (C=O) groups excluding carboxylic acids is 1. The van der Waals surface area contributed by atoms with Gasteiger partial charge >= 0.3 is 4.87 Å². The first-order chi connectivity index (χ1) is 11.0. The Morgan fingerprint density at radius 2 is 2.00 bits per heavy atom. The number of hydrogen-bond donors (Lipinski definition) is 2. The Morgan fingerprint density at radius 1 is 1.33 bits per heavy atom. The van der Waals surface area contributed by atoms with Crippen molar-refractivity contribution in [2.45, 2.75) is 26.8 Å². The predicted octanol–water partition coefficient (Wildman–Crippen LogP) is 2.29. The molecule has 1 aliphatic rings. The summed E-state index contributed by atoms with van der Waals surface area (Å²) in [6.07, 6.45) is 0.185. The quantitative estimate of drug-likeness (QED) is 0.804. The smallest absolute Gasteiger partial charge is 0.307 e. The van der Waals surface area contributed by atoms with Crippen LogP contribution in [0.3, 0.4) is 0 Å². The van der Waals surface area contributed by atoms with E-state index in [1.54, 1.807) is 16.7 Å². The summed E-state index contributed by atoms with van der Waals surface area (Å²) >= 11 is 1.19. The van der Waals surface area contributed by atoms with E-state index in [-0.39, 0.29) is 36.4 Å². The van der Waals surface area contributed by atoms with Crippen LogP contribution in [0.4, 0.5) is 11.4 Å². The highest BCUT2D eigenvalue weighted by Crippen LogP contribution is 2.38. The summed E-state index contributed by atoms with van der Waals surface area (Å²) in [7, 11) is 0. The molecule has 130 valence electrons. The third-order valence-corrected chi connectivity index (χ3v) is 4.75. The highest BCUT2D eigenvalue weighted by molar-refractivity contribution is 7.09. The number of hydrogen-bond acceptors (Lipinski definition) is 6. The monoisotopic (exact) mass is 371 g/mol. The molecule has 3 rings (SSSR count). The Labute approximate surface area is 148 Å².